The molecule has 0 unspecified atom stereocenters. The summed E-state index contributed by atoms with van der Waals surface area (Å²) in [7, 11) is 1.59. The number of carboxylic acid groups (broad SMARTS) is 1. The Bertz CT molecular complexity index is 238. The van der Waals surface area contributed by atoms with Crippen LogP contribution in [0, 0.1) is 5.41 Å². The molecule has 88 valence electrons. The number of carbonyl (C=O) groups excluding carboxylic acids is 1. The highest BCUT2D eigenvalue weighted by Gasteiger charge is 2.26. The Labute approximate surface area is 89.7 Å². The van der Waals surface area contributed by atoms with Crippen molar-refractivity contribution in [2.75, 3.05) is 20.2 Å². The van der Waals surface area contributed by atoms with Gasteiger partial charge in [0.2, 0.25) is 5.91 Å². The molecule has 5 heteroatoms. The first-order valence-corrected chi connectivity index (χ1v) is 4.85. The van der Waals surface area contributed by atoms with Gasteiger partial charge in [-0.2, -0.15) is 0 Å². The van der Waals surface area contributed by atoms with E-state index in [9.17, 15) is 9.59 Å². The van der Waals surface area contributed by atoms with Gasteiger partial charge >= 0.3 is 5.97 Å². The lowest BCUT2D eigenvalue weighted by Crippen LogP contribution is -2.33. The van der Waals surface area contributed by atoms with Gasteiger partial charge in [0.1, 0.15) is 0 Å². The number of aliphatic carboxylic acids is 1. The van der Waals surface area contributed by atoms with E-state index >= 15 is 0 Å². The predicted molar refractivity (Wildman–Crippen MR) is 55.4 cm³/mol. The summed E-state index contributed by atoms with van der Waals surface area (Å²) in [4.78, 5) is 23.5. The van der Waals surface area contributed by atoms with Crippen LogP contribution in [0.4, 0.5) is 0 Å². The Morgan fingerprint density at radius 1 is 1.27 bits per heavy atom. The molecule has 0 aromatic heterocycles. The fourth-order valence-electron chi connectivity index (χ4n) is 1.29. The third kappa shape index (κ3) is 6.06. The maximum Gasteiger partial charge on any atom is 0.303 e. The van der Waals surface area contributed by atoms with Crippen LogP contribution < -0.4 is 0 Å². The summed E-state index contributed by atoms with van der Waals surface area (Å²) in [5.74, 6) is -1.05. The highest BCUT2D eigenvalue weighted by Crippen LogP contribution is 2.25. The standard InChI is InChI=1S/C10H19NO4/c1-10(2,7-9(14)15)6-8(13)11(3)4-5-12/h12H,4-7H2,1-3H3,(H,14,15). The van der Waals surface area contributed by atoms with E-state index in [-0.39, 0.29) is 31.9 Å². The van der Waals surface area contributed by atoms with Crippen molar-refractivity contribution in [1.82, 2.24) is 4.90 Å². The number of aliphatic hydroxyl groups is 1. The Morgan fingerprint density at radius 2 is 1.80 bits per heavy atom. The first-order valence-electron chi connectivity index (χ1n) is 4.85. The summed E-state index contributed by atoms with van der Waals surface area (Å²) in [6.07, 6.45) is 0.140. The molecular weight excluding hydrogens is 198 g/mol. The molecule has 2 N–H and O–H groups in total. The van der Waals surface area contributed by atoms with Crippen molar-refractivity contribution in [3.63, 3.8) is 0 Å². The Hall–Kier alpha value is -1.10. The molecule has 0 aromatic rings. The average Bonchev–Trinajstić information content (AvgIpc) is 2.00. The molecule has 0 fully saturated rings. The largest absolute Gasteiger partial charge is 0.481 e. The quantitative estimate of drug-likeness (QED) is 0.672. The summed E-state index contributed by atoms with van der Waals surface area (Å²) < 4.78 is 0. The molecular formula is C10H19NO4. The molecule has 5 nitrogen and oxygen atoms in total. The molecule has 0 bridgehead atoms. The molecule has 0 aliphatic rings. The first kappa shape index (κ1) is 13.9. The van der Waals surface area contributed by atoms with E-state index in [1.165, 1.54) is 4.90 Å². The monoisotopic (exact) mass is 217 g/mol. The summed E-state index contributed by atoms with van der Waals surface area (Å²) in [6.45, 7) is 3.68. The van der Waals surface area contributed by atoms with E-state index in [0.29, 0.717) is 0 Å². The van der Waals surface area contributed by atoms with Gasteiger partial charge in [0, 0.05) is 20.0 Å². The maximum atomic E-state index is 11.6. The van der Waals surface area contributed by atoms with Crippen molar-refractivity contribution in [1.29, 1.82) is 0 Å². The summed E-state index contributed by atoms with van der Waals surface area (Å²) >= 11 is 0. The average molecular weight is 217 g/mol. The van der Waals surface area contributed by atoms with Gasteiger partial charge in [0.25, 0.3) is 0 Å². The fourth-order valence-corrected chi connectivity index (χ4v) is 1.29. The van der Waals surface area contributed by atoms with E-state index in [0.717, 1.165) is 0 Å². The van der Waals surface area contributed by atoms with Crippen LogP contribution in [0.15, 0.2) is 0 Å². The number of rotatable bonds is 6. The van der Waals surface area contributed by atoms with Gasteiger partial charge in [-0.3, -0.25) is 9.59 Å². The lowest BCUT2D eigenvalue weighted by atomic mass is 9.85. The molecule has 0 rings (SSSR count). The number of hydrogen-bond donors (Lipinski definition) is 2. The summed E-state index contributed by atoms with van der Waals surface area (Å²) in [6, 6.07) is 0. The minimum atomic E-state index is -0.905. The van der Waals surface area contributed by atoms with Crippen LogP contribution in [0.1, 0.15) is 26.7 Å². The zero-order valence-electron chi connectivity index (χ0n) is 9.49. The van der Waals surface area contributed by atoms with Crippen molar-refractivity contribution in [2.24, 2.45) is 5.41 Å². The van der Waals surface area contributed by atoms with Crippen molar-refractivity contribution in [3.8, 4) is 0 Å². The van der Waals surface area contributed by atoms with Crippen molar-refractivity contribution >= 4 is 11.9 Å². The van der Waals surface area contributed by atoms with Gasteiger partial charge in [-0.25, -0.2) is 0 Å². The smallest absolute Gasteiger partial charge is 0.303 e. The predicted octanol–water partition coefficient (Wildman–Crippen LogP) is 0.328. The van der Waals surface area contributed by atoms with Crippen molar-refractivity contribution in [3.05, 3.63) is 0 Å². The molecule has 0 aromatic carbocycles. The van der Waals surface area contributed by atoms with Crippen LogP contribution in [0.2, 0.25) is 0 Å². The van der Waals surface area contributed by atoms with Gasteiger partial charge in [-0.1, -0.05) is 13.8 Å². The number of amides is 1. The maximum absolute atomic E-state index is 11.6. The fraction of sp³-hybridized carbons (Fsp3) is 0.800. The third-order valence-electron chi connectivity index (χ3n) is 2.12. The molecule has 0 aliphatic heterocycles. The van der Waals surface area contributed by atoms with Gasteiger partial charge in [-0.15, -0.1) is 0 Å². The first-order chi connectivity index (χ1) is 6.78. The van der Waals surface area contributed by atoms with E-state index < -0.39 is 11.4 Å². The second kappa shape index (κ2) is 5.70. The third-order valence-corrected chi connectivity index (χ3v) is 2.12. The van der Waals surface area contributed by atoms with Crippen LogP contribution in [0.3, 0.4) is 0 Å². The molecule has 15 heavy (non-hydrogen) atoms. The lowest BCUT2D eigenvalue weighted by molar-refractivity contribution is -0.140. The highest BCUT2D eigenvalue weighted by molar-refractivity contribution is 5.77. The van der Waals surface area contributed by atoms with E-state index in [4.69, 9.17) is 10.2 Å². The van der Waals surface area contributed by atoms with Gasteiger partial charge in [-0.05, 0) is 5.41 Å². The molecule has 0 radical (unpaired) electrons. The van der Waals surface area contributed by atoms with Crippen LogP contribution in [-0.4, -0.2) is 47.2 Å². The van der Waals surface area contributed by atoms with Crippen molar-refractivity contribution in [2.45, 2.75) is 26.7 Å². The van der Waals surface area contributed by atoms with Crippen LogP contribution in [0.5, 0.6) is 0 Å². The van der Waals surface area contributed by atoms with E-state index in [1.54, 1.807) is 20.9 Å². The minimum absolute atomic E-state index is 0.0360. The molecule has 0 spiro atoms. The summed E-state index contributed by atoms with van der Waals surface area (Å²) in [5.41, 5.74) is -0.549. The Kier molecular flexibility index (Phi) is 5.28. The number of likely N-dealkylation sites (N-methyl/N-ethyl adjacent to an activating group) is 1. The van der Waals surface area contributed by atoms with E-state index in [1.807, 2.05) is 0 Å². The Morgan fingerprint density at radius 3 is 2.20 bits per heavy atom. The number of hydrogen-bond acceptors (Lipinski definition) is 3. The molecule has 0 atom stereocenters. The molecule has 0 saturated heterocycles. The second-order valence-corrected chi connectivity index (χ2v) is 4.45. The number of carbonyl (C=O) groups is 2. The molecule has 0 saturated carbocycles. The summed E-state index contributed by atoms with van der Waals surface area (Å²) in [5, 5.41) is 17.3. The highest BCUT2D eigenvalue weighted by atomic mass is 16.4. The van der Waals surface area contributed by atoms with Gasteiger partial charge in [0.15, 0.2) is 0 Å². The van der Waals surface area contributed by atoms with Crippen molar-refractivity contribution < 1.29 is 19.8 Å². The number of aliphatic hydroxyl groups excluding tert-OH is 1. The Balaban J connectivity index is 4.20. The molecule has 0 aliphatic carbocycles. The topological polar surface area (TPSA) is 77.8 Å². The zero-order valence-corrected chi connectivity index (χ0v) is 9.49. The van der Waals surface area contributed by atoms with Crippen LogP contribution in [-0.2, 0) is 9.59 Å². The molecule has 0 heterocycles. The van der Waals surface area contributed by atoms with Gasteiger partial charge in [0.05, 0.1) is 13.0 Å². The molecule has 1 amide bonds. The lowest BCUT2D eigenvalue weighted by Gasteiger charge is -2.25. The van der Waals surface area contributed by atoms with Gasteiger partial charge < -0.3 is 15.1 Å². The number of carboxylic acids is 1. The second-order valence-electron chi connectivity index (χ2n) is 4.45. The minimum Gasteiger partial charge on any atom is -0.481 e. The number of nitrogens with zero attached hydrogens (tertiary/aromatic N) is 1. The van der Waals surface area contributed by atoms with Crippen LogP contribution >= 0.6 is 0 Å². The SMILES string of the molecule is CN(CCO)C(=O)CC(C)(C)CC(=O)O. The van der Waals surface area contributed by atoms with E-state index in [2.05, 4.69) is 0 Å². The zero-order chi connectivity index (χ0) is 12.1. The van der Waals surface area contributed by atoms with Crippen LogP contribution in [0.25, 0.3) is 0 Å². The normalized spacial score (nSPS) is 11.2.